The third-order valence-electron chi connectivity index (χ3n) is 4.59. The molecule has 0 heterocycles. The average Bonchev–Trinajstić information content (AvgIpc) is 2.75. The number of rotatable bonds is 10. The van der Waals surface area contributed by atoms with Crippen LogP contribution in [0.3, 0.4) is 0 Å². The van der Waals surface area contributed by atoms with Crippen molar-refractivity contribution in [2.24, 2.45) is 0 Å². The summed E-state index contributed by atoms with van der Waals surface area (Å²) in [4.78, 5) is 0. The molecular formula is C24H28N2O2. The first-order valence-corrected chi connectivity index (χ1v) is 9.57. The monoisotopic (exact) mass is 376 g/mol. The van der Waals surface area contributed by atoms with E-state index in [-0.39, 0.29) is 0 Å². The smallest absolute Gasteiger partial charge is 0.0635 e. The maximum absolute atomic E-state index is 5.06. The van der Waals surface area contributed by atoms with Gasteiger partial charge in [0.25, 0.3) is 0 Å². The van der Waals surface area contributed by atoms with Gasteiger partial charge in [0.05, 0.1) is 13.2 Å². The molecule has 2 N–H and O–H groups in total. The minimum absolute atomic E-state index is 0.702. The van der Waals surface area contributed by atoms with Crippen LogP contribution in [0.25, 0.3) is 22.3 Å². The Labute approximate surface area is 167 Å². The Bertz CT molecular complexity index is 755. The van der Waals surface area contributed by atoms with E-state index in [1.165, 1.54) is 22.3 Å². The molecule has 0 atom stereocenters. The molecule has 0 unspecified atom stereocenters. The molecule has 4 heteroatoms. The lowest BCUT2D eigenvalue weighted by molar-refractivity contribution is 0.210. The van der Waals surface area contributed by atoms with Crippen LogP contribution < -0.4 is 10.6 Å². The number of hydrogen-bond acceptors (Lipinski definition) is 4. The maximum atomic E-state index is 5.06. The van der Waals surface area contributed by atoms with Crippen LogP contribution in [0.2, 0.25) is 0 Å². The third kappa shape index (κ3) is 5.59. The van der Waals surface area contributed by atoms with E-state index in [1.807, 2.05) is 0 Å². The standard InChI is InChI=1S/C24H28N2O2/c1-27-17-15-25-23-11-7-21(8-12-23)19-3-5-20(6-4-19)22-9-13-24(14-10-22)26-16-18-28-2/h3-14,25-26H,15-18H2,1-2H3. The van der Waals surface area contributed by atoms with Crippen molar-refractivity contribution >= 4 is 11.4 Å². The molecule has 0 spiro atoms. The van der Waals surface area contributed by atoms with Gasteiger partial charge in [-0.15, -0.1) is 0 Å². The van der Waals surface area contributed by atoms with Gasteiger partial charge in [-0.3, -0.25) is 0 Å². The second-order valence-corrected chi connectivity index (χ2v) is 6.57. The summed E-state index contributed by atoms with van der Waals surface area (Å²) in [6.45, 7) is 3.03. The molecule has 3 aromatic rings. The molecule has 3 rings (SSSR count). The Balaban J connectivity index is 1.63. The van der Waals surface area contributed by atoms with E-state index < -0.39 is 0 Å². The van der Waals surface area contributed by atoms with Crippen LogP contribution in [-0.4, -0.2) is 40.5 Å². The fourth-order valence-corrected chi connectivity index (χ4v) is 3.01. The van der Waals surface area contributed by atoms with Crippen molar-refractivity contribution in [2.45, 2.75) is 0 Å². The second kappa shape index (κ2) is 10.5. The van der Waals surface area contributed by atoms with Gasteiger partial charge in [-0.2, -0.15) is 0 Å². The molecule has 146 valence electrons. The van der Waals surface area contributed by atoms with E-state index in [2.05, 4.69) is 83.4 Å². The number of benzene rings is 3. The zero-order valence-electron chi connectivity index (χ0n) is 16.6. The van der Waals surface area contributed by atoms with Crippen molar-refractivity contribution in [3.05, 3.63) is 72.8 Å². The molecule has 4 nitrogen and oxygen atoms in total. The summed E-state index contributed by atoms with van der Waals surface area (Å²) in [6.07, 6.45) is 0. The highest BCUT2D eigenvalue weighted by atomic mass is 16.5. The van der Waals surface area contributed by atoms with Crippen LogP contribution in [0.1, 0.15) is 0 Å². The summed E-state index contributed by atoms with van der Waals surface area (Å²) in [5.74, 6) is 0. The Kier molecular flexibility index (Phi) is 7.47. The van der Waals surface area contributed by atoms with Crippen molar-refractivity contribution in [1.29, 1.82) is 0 Å². The maximum Gasteiger partial charge on any atom is 0.0635 e. The lowest BCUT2D eigenvalue weighted by Crippen LogP contribution is -2.07. The van der Waals surface area contributed by atoms with Crippen LogP contribution in [0, 0.1) is 0 Å². The Morgan fingerprint density at radius 1 is 0.500 bits per heavy atom. The molecule has 0 aliphatic carbocycles. The predicted molar refractivity (Wildman–Crippen MR) is 118 cm³/mol. The van der Waals surface area contributed by atoms with Crippen LogP contribution in [0.5, 0.6) is 0 Å². The third-order valence-corrected chi connectivity index (χ3v) is 4.59. The minimum atomic E-state index is 0.702. The highest BCUT2D eigenvalue weighted by Gasteiger charge is 2.02. The van der Waals surface area contributed by atoms with Crippen molar-refractivity contribution in [3.8, 4) is 22.3 Å². The molecule has 0 aliphatic heterocycles. The molecule has 28 heavy (non-hydrogen) atoms. The summed E-state index contributed by atoms with van der Waals surface area (Å²) in [5, 5.41) is 6.68. The number of nitrogens with one attached hydrogen (secondary N) is 2. The summed E-state index contributed by atoms with van der Waals surface area (Å²) < 4.78 is 10.1. The fraction of sp³-hybridized carbons (Fsp3) is 0.250. The lowest BCUT2D eigenvalue weighted by Gasteiger charge is -2.09. The van der Waals surface area contributed by atoms with Gasteiger partial charge in [-0.05, 0) is 46.5 Å². The molecule has 0 bridgehead atoms. The van der Waals surface area contributed by atoms with Gasteiger partial charge in [0.15, 0.2) is 0 Å². The first-order chi connectivity index (χ1) is 13.8. The van der Waals surface area contributed by atoms with Crippen LogP contribution in [-0.2, 0) is 9.47 Å². The van der Waals surface area contributed by atoms with Gasteiger partial charge in [0.1, 0.15) is 0 Å². The first kappa shape index (κ1) is 19.9. The van der Waals surface area contributed by atoms with Crippen molar-refractivity contribution in [1.82, 2.24) is 0 Å². The highest BCUT2D eigenvalue weighted by Crippen LogP contribution is 2.26. The van der Waals surface area contributed by atoms with Crippen LogP contribution in [0.4, 0.5) is 11.4 Å². The Morgan fingerprint density at radius 3 is 1.07 bits per heavy atom. The largest absolute Gasteiger partial charge is 0.383 e. The summed E-state index contributed by atoms with van der Waals surface area (Å²) >= 11 is 0. The molecule has 0 radical (unpaired) electrons. The van der Waals surface area contributed by atoms with E-state index in [1.54, 1.807) is 14.2 Å². The first-order valence-electron chi connectivity index (χ1n) is 9.57. The van der Waals surface area contributed by atoms with Crippen molar-refractivity contribution in [3.63, 3.8) is 0 Å². The van der Waals surface area contributed by atoms with Gasteiger partial charge >= 0.3 is 0 Å². The SMILES string of the molecule is COCCNc1ccc(-c2ccc(-c3ccc(NCCOC)cc3)cc2)cc1. The van der Waals surface area contributed by atoms with Gasteiger partial charge < -0.3 is 20.1 Å². The molecule has 0 fully saturated rings. The lowest BCUT2D eigenvalue weighted by atomic mass is 10.00. The van der Waals surface area contributed by atoms with Crippen molar-refractivity contribution in [2.75, 3.05) is 51.2 Å². The highest BCUT2D eigenvalue weighted by molar-refractivity contribution is 5.72. The molecule has 0 amide bonds. The average molecular weight is 377 g/mol. The summed E-state index contributed by atoms with van der Waals surface area (Å²) in [5.41, 5.74) is 7.06. The number of methoxy groups -OCH3 is 2. The zero-order chi connectivity index (χ0) is 19.6. The van der Waals surface area contributed by atoms with Gasteiger partial charge in [-0.25, -0.2) is 0 Å². The number of hydrogen-bond donors (Lipinski definition) is 2. The minimum Gasteiger partial charge on any atom is -0.383 e. The van der Waals surface area contributed by atoms with Gasteiger partial charge in [0.2, 0.25) is 0 Å². The predicted octanol–water partition coefficient (Wildman–Crippen LogP) is 5.14. The van der Waals surface area contributed by atoms with E-state index in [9.17, 15) is 0 Å². The van der Waals surface area contributed by atoms with E-state index in [0.717, 1.165) is 24.5 Å². The summed E-state index contributed by atoms with van der Waals surface area (Å²) in [7, 11) is 3.42. The number of ether oxygens (including phenoxy) is 2. The van der Waals surface area contributed by atoms with Crippen molar-refractivity contribution < 1.29 is 9.47 Å². The molecular weight excluding hydrogens is 348 g/mol. The normalized spacial score (nSPS) is 10.6. The zero-order valence-corrected chi connectivity index (χ0v) is 16.6. The van der Waals surface area contributed by atoms with E-state index >= 15 is 0 Å². The fourth-order valence-electron chi connectivity index (χ4n) is 3.01. The van der Waals surface area contributed by atoms with Crippen LogP contribution >= 0.6 is 0 Å². The Hall–Kier alpha value is -2.82. The molecule has 0 aliphatic rings. The quantitative estimate of drug-likeness (QED) is 0.481. The molecule has 3 aromatic carbocycles. The molecule has 0 aromatic heterocycles. The van der Waals surface area contributed by atoms with Crippen LogP contribution in [0.15, 0.2) is 72.8 Å². The second-order valence-electron chi connectivity index (χ2n) is 6.57. The number of anilines is 2. The molecule has 0 saturated carbocycles. The van der Waals surface area contributed by atoms with E-state index in [0.29, 0.717) is 13.2 Å². The topological polar surface area (TPSA) is 42.5 Å². The van der Waals surface area contributed by atoms with Gasteiger partial charge in [-0.1, -0.05) is 48.5 Å². The summed E-state index contributed by atoms with van der Waals surface area (Å²) in [6, 6.07) is 25.7. The molecule has 0 saturated heterocycles. The van der Waals surface area contributed by atoms with E-state index in [4.69, 9.17) is 9.47 Å². The van der Waals surface area contributed by atoms with Gasteiger partial charge in [0, 0.05) is 38.7 Å². The Morgan fingerprint density at radius 2 is 0.786 bits per heavy atom.